The third-order valence-electron chi connectivity index (χ3n) is 15.4. The Kier molecular flexibility index (Phi) is 22.6. The van der Waals surface area contributed by atoms with Crippen LogP contribution in [0, 0.1) is 10.8 Å². The molecule has 2 heterocycles. The minimum atomic E-state index is -3.24. The molecule has 7 aromatic carbocycles. The lowest BCUT2D eigenvalue weighted by Crippen LogP contribution is -2.69. The van der Waals surface area contributed by atoms with Crippen LogP contribution in [0.4, 0.5) is 0 Å². The molecule has 460 valence electrons. The molecular formula is C72H83ClO12SSi. The van der Waals surface area contributed by atoms with Gasteiger partial charge in [0.25, 0.3) is 8.32 Å². The van der Waals surface area contributed by atoms with Crippen LogP contribution in [0.1, 0.15) is 84.6 Å². The predicted octanol–water partition coefficient (Wildman–Crippen LogP) is 13.7. The van der Waals surface area contributed by atoms with Crippen LogP contribution in [0.2, 0.25) is 10.1 Å². The Hall–Kier alpha value is -5.98. The van der Waals surface area contributed by atoms with Gasteiger partial charge in [-0.3, -0.25) is 9.59 Å². The fourth-order valence-corrected chi connectivity index (χ4v) is 16.6. The second-order valence-electron chi connectivity index (χ2n) is 25.2. The average Bonchev–Trinajstić information content (AvgIpc) is 0.886. The maximum atomic E-state index is 14.6. The molecule has 2 aliphatic heterocycles. The molecule has 0 radical (unpaired) electrons. The quantitative estimate of drug-likeness (QED) is 0.0421. The first-order chi connectivity index (χ1) is 41.8. The zero-order valence-corrected chi connectivity index (χ0v) is 53.9. The highest BCUT2D eigenvalue weighted by Crippen LogP contribution is 2.42. The molecule has 12 nitrogen and oxygen atoms in total. The summed E-state index contributed by atoms with van der Waals surface area (Å²) in [4.78, 5) is 29.7. The monoisotopic (exact) mass is 1230 g/mol. The lowest BCUT2D eigenvalue weighted by Gasteiger charge is -2.49. The Balaban J connectivity index is 1.17. The third kappa shape index (κ3) is 17.3. The SMILES string of the molecule is CC(C)(C)C(=O)O[C@@H]1[C@@H](OCc2ccccc2)[C@H](OCc2ccccc2)[C@@H](CO[C@@H]2O[C@H](CO[Si](c3ccccc3)(c3ccccc3)C(C)(C)C)[C@@H](OCc3ccccc3)[C@H](OCc3ccccc3)[C@H]2OC(=O)C(C)(C)C)O[C@H]1Sc1ccc(Cl)cc1. The lowest BCUT2D eigenvalue weighted by atomic mass is 9.95. The molecule has 0 aromatic heterocycles. The van der Waals surface area contributed by atoms with E-state index >= 15 is 0 Å². The van der Waals surface area contributed by atoms with E-state index in [1.54, 1.807) is 32.9 Å². The highest BCUT2D eigenvalue weighted by molar-refractivity contribution is 7.99. The van der Waals surface area contributed by atoms with Crippen LogP contribution in [0.25, 0.3) is 0 Å². The molecule has 9 rings (SSSR count). The van der Waals surface area contributed by atoms with Crippen molar-refractivity contribution in [2.24, 2.45) is 10.8 Å². The summed E-state index contributed by atoms with van der Waals surface area (Å²) in [6.07, 6.45) is -9.13. The number of carbonyl (C=O) groups excluding carboxylic acids is 2. The number of halogens is 1. The molecule has 10 atom stereocenters. The summed E-state index contributed by atoms with van der Waals surface area (Å²) in [5.41, 5.74) is 0.879. The Morgan fingerprint density at radius 3 is 1.17 bits per heavy atom. The van der Waals surface area contributed by atoms with Gasteiger partial charge in [-0.1, -0.05) is 226 Å². The Morgan fingerprint density at radius 2 is 0.782 bits per heavy atom. The van der Waals surface area contributed by atoms with Crippen molar-refractivity contribution in [3.05, 3.63) is 234 Å². The van der Waals surface area contributed by atoms with Crippen molar-refractivity contribution in [3.8, 4) is 0 Å². The van der Waals surface area contributed by atoms with E-state index in [0.717, 1.165) is 37.5 Å². The zero-order valence-electron chi connectivity index (χ0n) is 51.3. The topological polar surface area (TPSA) is 126 Å². The van der Waals surface area contributed by atoms with Gasteiger partial charge in [0.1, 0.15) is 42.1 Å². The minimum Gasteiger partial charge on any atom is -0.455 e. The normalized spacial score (nSPS) is 22.7. The van der Waals surface area contributed by atoms with Crippen molar-refractivity contribution in [2.45, 2.75) is 159 Å². The highest BCUT2D eigenvalue weighted by Gasteiger charge is 2.56. The second kappa shape index (κ2) is 30.0. The van der Waals surface area contributed by atoms with Gasteiger partial charge in [-0.05, 0) is 103 Å². The molecular weight excluding hydrogens is 1150 g/mol. The molecule has 0 unspecified atom stereocenters. The van der Waals surface area contributed by atoms with E-state index in [1.807, 2.05) is 166 Å². The summed E-state index contributed by atoms with van der Waals surface area (Å²) in [6.45, 7) is 18.0. The first kappa shape index (κ1) is 65.5. The van der Waals surface area contributed by atoms with Crippen LogP contribution in [0.3, 0.4) is 0 Å². The zero-order chi connectivity index (χ0) is 61.6. The van der Waals surface area contributed by atoms with E-state index < -0.39 is 96.7 Å². The van der Waals surface area contributed by atoms with Crippen molar-refractivity contribution < 1.29 is 56.6 Å². The van der Waals surface area contributed by atoms with Gasteiger partial charge in [0, 0.05) is 9.92 Å². The van der Waals surface area contributed by atoms with E-state index in [4.69, 9.17) is 58.7 Å². The number of hydrogen-bond donors (Lipinski definition) is 0. The van der Waals surface area contributed by atoms with Crippen LogP contribution in [-0.4, -0.2) is 94.0 Å². The summed E-state index contributed by atoms with van der Waals surface area (Å²) in [5, 5.41) is 2.33. The molecule has 7 aromatic rings. The number of carbonyl (C=O) groups is 2. The maximum absolute atomic E-state index is 14.6. The molecule has 2 saturated heterocycles. The Morgan fingerprint density at radius 1 is 0.425 bits per heavy atom. The van der Waals surface area contributed by atoms with E-state index in [9.17, 15) is 9.59 Å². The summed E-state index contributed by atoms with van der Waals surface area (Å²) in [7, 11) is -3.24. The molecule has 0 aliphatic carbocycles. The van der Waals surface area contributed by atoms with Crippen LogP contribution >= 0.6 is 23.4 Å². The van der Waals surface area contributed by atoms with E-state index in [1.165, 1.54) is 11.8 Å². The lowest BCUT2D eigenvalue weighted by molar-refractivity contribution is -0.329. The largest absolute Gasteiger partial charge is 0.455 e. The number of rotatable bonds is 24. The standard InChI is InChI=1S/C72H83ClO12SSi/c1-70(2,3)68(74)84-64-62(78-46-52-32-20-12-21-33-52)61(77-45-51-30-18-11-19-31-51)59(49-81-87(72(7,8)9,56-36-24-14-25-37-56)57-38-26-15-27-39-57)82-66(64)80-48-58-60(76-44-50-28-16-10-17-29-50)63(79-47-53-34-22-13-23-35-53)65(85-69(75)71(4,5)6)67(83-58)86-55-42-40-54(73)41-43-55/h10-43,58-67H,44-49H2,1-9H3/t58-,59-,60-,61-,62+,63+,64-,65-,66-,67+/m1/s1. The van der Waals surface area contributed by atoms with Gasteiger partial charge in [0.05, 0.1) is 50.5 Å². The third-order valence-corrected chi connectivity index (χ3v) is 21.8. The number of esters is 2. The number of ether oxygens (including phenoxy) is 9. The van der Waals surface area contributed by atoms with Gasteiger partial charge in [0.15, 0.2) is 18.5 Å². The Bertz CT molecular complexity index is 3160. The van der Waals surface area contributed by atoms with Crippen molar-refractivity contribution in [1.29, 1.82) is 0 Å². The first-order valence-corrected chi connectivity index (χ1v) is 33.1. The van der Waals surface area contributed by atoms with Crippen molar-refractivity contribution in [3.63, 3.8) is 0 Å². The summed E-state index contributed by atoms with van der Waals surface area (Å²) in [5.74, 6) is -0.948. The number of benzene rings is 7. The van der Waals surface area contributed by atoms with Crippen molar-refractivity contribution in [1.82, 2.24) is 0 Å². The minimum absolute atomic E-state index is 0.0243. The molecule has 15 heteroatoms. The average molecular weight is 1240 g/mol. The van der Waals surface area contributed by atoms with Crippen LogP contribution in [0.5, 0.6) is 0 Å². The highest BCUT2D eigenvalue weighted by atomic mass is 35.5. The molecule has 0 bridgehead atoms. The fraction of sp³-hybridized carbons (Fsp3) is 0.389. The van der Waals surface area contributed by atoms with Crippen molar-refractivity contribution in [2.75, 3.05) is 13.2 Å². The van der Waals surface area contributed by atoms with Crippen LogP contribution < -0.4 is 10.4 Å². The molecule has 0 saturated carbocycles. The molecule has 0 N–H and O–H groups in total. The summed E-state index contributed by atoms with van der Waals surface area (Å²) in [6, 6.07) is 67.7. The van der Waals surface area contributed by atoms with Gasteiger partial charge in [-0.2, -0.15) is 0 Å². The smallest absolute Gasteiger partial charge is 0.311 e. The van der Waals surface area contributed by atoms with E-state index in [2.05, 4.69) is 69.3 Å². The van der Waals surface area contributed by atoms with Crippen molar-refractivity contribution >= 4 is 54.0 Å². The molecule has 2 fully saturated rings. The van der Waals surface area contributed by atoms with Gasteiger partial charge < -0.3 is 47.1 Å². The van der Waals surface area contributed by atoms with E-state index in [0.29, 0.717) is 5.02 Å². The molecule has 87 heavy (non-hydrogen) atoms. The number of hydrogen-bond acceptors (Lipinski definition) is 13. The van der Waals surface area contributed by atoms with Gasteiger partial charge >= 0.3 is 11.9 Å². The van der Waals surface area contributed by atoms with Gasteiger partial charge in [0.2, 0.25) is 0 Å². The molecule has 0 amide bonds. The second-order valence-corrected chi connectivity index (χ2v) is 31.2. The number of thioether (sulfide) groups is 1. The first-order valence-electron chi connectivity index (χ1n) is 29.9. The molecule has 0 spiro atoms. The predicted molar refractivity (Wildman–Crippen MR) is 343 cm³/mol. The summed E-state index contributed by atoms with van der Waals surface area (Å²) >= 11 is 7.82. The van der Waals surface area contributed by atoms with Gasteiger partial charge in [-0.15, -0.1) is 0 Å². The Labute approximate surface area is 524 Å². The van der Waals surface area contributed by atoms with E-state index in [-0.39, 0.29) is 39.6 Å². The van der Waals surface area contributed by atoms with Crippen LogP contribution in [-0.2, 0) is 83.1 Å². The summed E-state index contributed by atoms with van der Waals surface area (Å²) < 4.78 is 71.3. The van der Waals surface area contributed by atoms with Crippen LogP contribution in [0.15, 0.2) is 211 Å². The fourth-order valence-electron chi connectivity index (χ4n) is 10.8. The maximum Gasteiger partial charge on any atom is 0.311 e. The van der Waals surface area contributed by atoms with Gasteiger partial charge in [-0.25, -0.2) is 0 Å². The molecule has 2 aliphatic rings.